The molecule has 3 atom stereocenters. The van der Waals surface area contributed by atoms with Gasteiger partial charge < -0.3 is 15.0 Å². The van der Waals surface area contributed by atoms with Crippen LogP contribution in [0, 0.1) is 5.92 Å². The Kier molecular flexibility index (Phi) is 6.27. The summed E-state index contributed by atoms with van der Waals surface area (Å²) in [6.07, 6.45) is 1.67. The number of piperidine rings is 1. The molecule has 2 aliphatic rings. The van der Waals surface area contributed by atoms with Crippen molar-refractivity contribution >= 4 is 0 Å². The highest BCUT2D eigenvalue weighted by Crippen LogP contribution is 2.18. The average Bonchev–Trinajstić information content (AvgIpc) is 2.42. The quantitative estimate of drug-likeness (QED) is 0.826. The summed E-state index contributed by atoms with van der Waals surface area (Å²) in [5.41, 5.74) is 0. The van der Waals surface area contributed by atoms with Crippen LogP contribution in [-0.4, -0.2) is 73.9 Å². The lowest BCUT2D eigenvalue weighted by atomic mass is 9.93. The van der Waals surface area contributed by atoms with Crippen LogP contribution < -0.4 is 5.32 Å². The van der Waals surface area contributed by atoms with Gasteiger partial charge in [-0.2, -0.15) is 0 Å². The zero-order valence-corrected chi connectivity index (χ0v) is 13.8. The molecule has 2 saturated heterocycles. The molecule has 0 spiro atoms. The van der Waals surface area contributed by atoms with Gasteiger partial charge in [0.25, 0.3) is 0 Å². The maximum absolute atomic E-state index is 5.97. The summed E-state index contributed by atoms with van der Waals surface area (Å²) in [5.74, 6) is 0.744. The molecule has 2 heterocycles. The van der Waals surface area contributed by atoms with Gasteiger partial charge in [0.05, 0.1) is 12.7 Å². The van der Waals surface area contributed by atoms with Crippen LogP contribution in [0.25, 0.3) is 0 Å². The van der Waals surface area contributed by atoms with E-state index >= 15 is 0 Å². The van der Waals surface area contributed by atoms with Crippen LogP contribution in [0.4, 0.5) is 0 Å². The first-order valence-electron chi connectivity index (χ1n) is 8.41. The van der Waals surface area contributed by atoms with E-state index in [0.29, 0.717) is 18.2 Å². The molecule has 0 bridgehead atoms. The lowest BCUT2D eigenvalue weighted by molar-refractivity contribution is -0.0568. The van der Waals surface area contributed by atoms with E-state index in [4.69, 9.17) is 4.74 Å². The van der Waals surface area contributed by atoms with Crippen molar-refractivity contribution in [2.75, 3.05) is 45.9 Å². The Labute approximate surface area is 124 Å². The third-order valence-corrected chi connectivity index (χ3v) is 4.82. The molecule has 4 heteroatoms. The standard InChI is InChI=1S/C16H33N3O/c1-5-17-16-6-7-18(10-14(16)4)11-15-12-19(13(2)3)8-9-20-15/h13-17H,5-12H2,1-4H3. The zero-order chi connectivity index (χ0) is 14.5. The summed E-state index contributed by atoms with van der Waals surface area (Å²) in [6.45, 7) is 16.8. The number of nitrogens with zero attached hydrogens (tertiary/aromatic N) is 2. The van der Waals surface area contributed by atoms with Crippen LogP contribution in [0.3, 0.4) is 0 Å². The summed E-state index contributed by atoms with van der Waals surface area (Å²) >= 11 is 0. The Hall–Kier alpha value is -0.160. The monoisotopic (exact) mass is 283 g/mol. The number of likely N-dealkylation sites (tertiary alicyclic amines) is 1. The van der Waals surface area contributed by atoms with Gasteiger partial charge in [0.2, 0.25) is 0 Å². The molecule has 1 N–H and O–H groups in total. The summed E-state index contributed by atoms with van der Waals surface area (Å²) in [7, 11) is 0. The normalized spacial score (nSPS) is 33.8. The van der Waals surface area contributed by atoms with Crippen LogP contribution in [0.2, 0.25) is 0 Å². The lowest BCUT2D eigenvalue weighted by Crippen LogP contribution is -2.53. The topological polar surface area (TPSA) is 27.7 Å². The molecule has 118 valence electrons. The molecule has 4 nitrogen and oxygen atoms in total. The maximum Gasteiger partial charge on any atom is 0.0829 e. The highest BCUT2D eigenvalue weighted by Gasteiger charge is 2.29. The van der Waals surface area contributed by atoms with Crippen LogP contribution in [0.1, 0.15) is 34.1 Å². The largest absolute Gasteiger partial charge is 0.374 e. The Morgan fingerprint density at radius 1 is 1.25 bits per heavy atom. The van der Waals surface area contributed by atoms with E-state index in [1.807, 2.05) is 0 Å². The van der Waals surface area contributed by atoms with Crippen molar-refractivity contribution in [2.24, 2.45) is 5.92 Å². The van der Waals surface area contributed by atoms with Crippen molar-refractivity contribution in [2.45, 2.75) is 52.3 Å². The van der Waals surface area contributed by atoms with E-state index in [0.717, 1.165) is 38.7 Å². The summed E-state index contributed by atoms with van der Waals surface area (Å²) < 4.78 is 5.97. The molecule has 2 aliphatic heterocycles. The van der Waals surface area contributed by atoms with Crippen molar-refractivity contribution < 1.29 is 4.74 Å². The van der Waals surface area contributed by atoms with E-state index in [9.17, 15) is 0 Å². The van der Waals surface area contributed by atoms with Gasteiger partial charge in [-0.15, -0.1) is 0 Å². The minimum Gasteiger partial charge on any atom is -0.374 e. The van der Waals surface area contributed by atoms with Crippen LogP contribution in [0.5, 0.6) is 0 Å². The van der Waals surface area contributed by atoms with Gasteiger partial charge >= 0.3 is 0 Å². The molecule has 0 aromatic carbocycles. The predicted octanol–water partition coefficient (Wildman–Crippen LogP) is 1.42. The molecule has 0 saturated carbocycles. The van der Waals surface area contributed by atoms with Gasteiger partial charge in [0.1, 0.15) is 0 Å². The van der Waals surface area contributed by atoms with E-state index in [1.54, 1.807) is 0 Å². The Morgan fingerprint density at radius 2 is 2.05 bits per heavy atom. The lowest BCUT2D eigenvalue weighted by Gasteiger charge is -2.41. The van der Waals surface area contributed by atoms with Crippen molar-refractivity contribution in [3.8, 4) is 0 Å². The number of nitrogens with one attached hydrogen (secondary N) is 1. The first-order valence-corrected chi connectivity index (χ1v) is 8.41. The van der Waals surface area contributed by atoms with Crippen molar-refractivity contribution in [1.82, 2.24) is 15.1 Å². The fourth-order valence-corrected chi connectivity index (χ4v) is 3.57. The van der Waals surface area contributed by atoms with Crippen molar-refractivity contribution in [3.63, 3.8) is 0 Å². The van der Waals surface area contributed by atoms with Gasteiger partial charge in [-0.25, -0.2) is 0 Å². The molecule has 0 aromatic rings. The number of hydrogen-bond acceptors (Lipinski definition) is 4. The summed E-state index contributed by atoms with van der Waals surface area (Å²) in [5, 5.41) is 3.61. The van der Waals surface area contributed by atoms with Gasteiger partial charge in [-0.1, -0.05) is 13.8 Å². The van der Waals surface area contributed by atoms with E-state index < -0.39 is 0 Å². The number of rotatable bonds is 5. The Bertz CT molecular complexity index is 285. The molecule has 0 aromatic heterocycles. The van der Waals surface area contributed by atoms with Gasteiger partial charge in [0.15, 0.2) is 0 Å². The van der Waals surface area contributed by atoms with E-state index in [2.05, 4.69) is 42.8 Å². The van der Waals surface area contributed by atoms with E-state index in [1.165, 1.54) is 19.5 Å². The second kappa shape index (κ2) is 7.74. The summed E-state index contributed by atoms with van der Waals surface area (Å²) in [6, 6.07) is 1.34. The molecular weight excluding hydrogens is 250 g/mol. The highest BCUT2D eigenvalue weighted by molar-refractivity contribution is 4.85. The first-order chi connectivity index (χ1) is 9.60. The predicted molar refractivity (Wildman–Crippen MR) is 84.1 cm³/mol. The van der Waals surface area contributed by atoms with Crippen LogP contribution in [-0.2, 0) is 4.74 Å². The number of hydrogen-bond donors (Lipinski definition) is 1. The van der Waals surface area contributed by atoms with E-state index in [-0.39, 0.29) is 0 Å². The summed E-state index contributed by atoms with van der Waals surface area (Å²) in [4.78, 5) is 5.15. The third kappa shape index (κ3) is 4.42. The Morgan fingerprint density at radius 3 is 2.70 bits per heavy atom. The fourth-order valence-electron chi connectivity index (χ4n) is 3.57. The molecule has 2 rings (SSSR count). The molecule has 2 fully saturated rings. The highest BCUT2D eigenvalue weighted by atomic mass is 16.5. The average molecular weight is 283 g/mol. The molecule has 0 aliphatic carbocycles. The maximum atomic E-state index is 5.97. The minimum absolute atomic E-state index is 0.397. The molecule has 3 unspecified atom stereocenters. The second-order valence-electron chi connectivity index (χ2n) is 6.77. The zero-order valence-electron chi connectivity index (χ0n) is 13.8. The smallest absolute Gasteiger partial charge is 0.0829 e. The van der Waals surface area contributed by atoms with Gasteiger partial charge in [-0.3, -0.25) is 4.90 Å². The Balaban J connectivity index is 1.76. The molecule has 0 amide bonds. The molecule has 0 radical (unpaired) electrons. The fraction of sp³-hybridized carbons (Fsp3) is 1.00. The third-order valence-electron chi connectivity index (χ3n) is 4.82. The minimum atomic E-state index is 0.397. The van der Waals surface area contributed by atoms with Crippen molar-refractivity contribution in [1.29, 1.82) is 0 Å². The van der Waals surface area contributed by atoms with Crippen molar-refractivity contribution in [3.05, 3.63) is 0 Å². The SMILES string of the molecule is CCNC1CCN(CC2CN(C(C)C)CCO2)CC1C. The van der Waals surface area contributed by atoms with Crippen LogP contribution in [0.15, 0.2) is 0 Å². The van der Waals surface area contributed by atoms with Gasteiger partial charge in [0, 0.05) is 38.3 Å². The van der Waals surface area contributed by atoms with Crippen LogP contribution >= 0.6 is 0 Å². The number of morpholine rings is 1. The first kappa shape index (κ1) is 16.2. The van der Waals surface area contributed by atoms with Gasteiger partial charge in [-0.05, 0) is 39.3 Å². The second-order valence-corrected chi connectivity index (χ2v) is 6.77. The molecule has 20 heavy (non-hydrogen) atoms. The molecular formula is C16H33N3O. The number of ether oxygens (including phenoxy) is 1.